The molecule has 3 heteroatoms. The van der Waals surface area contributed by atoms with Gasteiger partial charge in [-0.2, -0.15) is 0 Å². The molecule has 0 saturated heterocycles. The van der Waals surface area contributed by atoms with E-state index >= 15 is 0 Å². The summed E-state index contributed by atoms with van der Waals surface area (Å²) in [4.78, 5) is 0. The van der Waals surface area contributed by atoms with Crippen LogP contribution in [0.1, 0.15) is 42.7 Å². The number of hydrogen-bond acceptors (Lipinski definition) is 1. The van der Waals surface area contributed by atoms with E-state index in [4.69, 9.17) is 5.73 Å². The topological polar surface area (TPSA) is 26.0 Å². The SMILES string of the molecule is NCc1ccc(C2CCCCC2C(F)F)cc1. The van der Waals surface area contributed by atoms with Crippen molar-refractivity contribution in [1.82, 2.24) is 0 Å². The van der Waals surface area contributed by atoms with Gasteiger partial charge in [0.2, 0.25) is 6.43 Å². The first-order valence-corrected chi connectivity index (χ1v) is 6.29. The first kappa shape index (κ1) is 12.5. The van der Waals surface area contributed by atoms with Crippen molar-refractivity contribution < 1.29 is 8.78 Å². The van der Waals surface area contributed by atoms with E-state index in [1.165, 1.54) is 0 Å². The maximum absolute atomic E-state index is 13.0. The average Bonchev–Trinajstić information content (AvgIpc) is 2.39. The Morgan fingerprint density at radius 3 is 2.35 bits per heavy atom. The fourth-order valence-electron chi connectivity index (χ4n) is 2.78. The number of halogens is 2. The van der Waals surface area contributed by atoms with E-state index in [1.807, 2.05) is 24.3 Å². The molecule has 2 atom stereocenters. The van der Waals surface area contributed by atoms with E-state index in [0.29, 0.717) is 13.0 Å². The highest BCUT2D eigenvalue weighted by atomic mass is 19.3. The lowest BCUT2D eigenvalue weighted by Gasteiger charge is -2.31. The summed E-state index contributed by atoms with van der Waals surface area (Å²) in [6.45, 7) is 0.503. The highest BCUT2D eigenvalue weighted by molar-refractivity contribution is 5.26. The molecule has 1 aliphatic rings. The summed E-state index contributed by atoms with van der Waals surface area (Å²) < 4.78 is 26.0. The minimum atomic E-state index is -2.20. The van der Waals surface area contributed by atoms with E-state index in [0.717, 1.165) is 30.4 Å². The van der Waals surface area contributed by atoms with Crippen LogP contribution in [0.2, 0.25) is 0 Å². The van der Waals surface area contributed by atoms with Crippen LogP contribution in [0, 0.1) is 5.92 Å². The molecule has 17 heavy (non-hydrogen) atoms. The van der Waals surface area contributed by atoms with Gasteiger partial charge in [0.25, 0.3) is 0 Å². The van der Waals surface area contributed by atoms with Gasteiger partial charge in [-0.1, -0.05) is 37.1 Å². The van der Waals surface area contributed by atoms with Gasteiger partial charge in [-0.25, -0.2) is 8.78 Å². The minimum Gasteiger partial charge on any atom is -0.326 e. The van der Waals surface area contributed by atoms with E-state index in [2.05, 4.69) is 0 Å². The predicted octanol–water partition coefficient (Wildman–Crippen LogP) is 3.68. The zero-order valence-corrected chi connectivity index (χ0v) is 9.91. The molecule has 1 aromatic rings. The van der Waals surface area contributed by atoms with E-state index in [9.17, 15) is 8.78 Å². The van der Waals surface area contributed by atoms with Gasteiger partial charge in [0.15, 0.2) is 0 Å². The van der Waals surface area contributed by atoms with Crippen molar-refractivity contribution in [2.45, 2.75) is 44.6 Å². The van der Waals surface area contributed by atoms with Crippen molar-refractivity contribution in [2.75, 3.05) is 0 Å². The van der Waals surface area contributed by atoms with Crippen LogP contribution in [0.3, 0.4) is 0 Å². The highest BCUT2D eigenvalue weighted by Gasteiger charge is 2.32. The second-order valence-corrected chi connectivity index (χ2v) is 4.83. The monoisotopic (exact) mass is 239 g/mol. The summed E-state index contributed by atoms with van der Waals surface area (Å²) in [7, 11) is 0. The molecule has 1 saturated carbocycles. The van der Waals surface area contributed by atoms with Gasteiger partial charge in [-0.3, -0.25) is 0 Å². The van der Waals surface area contributed by atoms with Crippen LogP contribution in [-0.2, 0) is 6.54 Å². The number of benzene rings is 1. The lowest BCUT2D eigenvalue weighted by atomic mass is 9.75. The summed E-state index contributed by atoms with van der Waals surface area (Å²) >= 11 is 0. The third kappa shape index (κ3) is 2.83. The van der Waals surface area contributed by atoms with Crippen molar-refractivity contribution >= 4 is 0 Å². The molecular weight excluding hydrogens is 220 g/mol. The van der Waals surface area contributed by atoms with E-state index < -0.39 is 12.3 Å². The molecule has 0 aliphatic heterocycles. The van der Waals surface area contributed by atoms with Crippen molar-refractivity contribution in [3.63, 3.8) is 0 Å². The predicted molar refractivity (Wildman–Crippen MR) is 65.0 cm³/mol. The summed E-state index contributed by atoms with van der Waals surface area (Å²) in [6, 6.07) is 7.83. The first-order chi connectivity index (χ1) is 8.22. The zero-order valence-electron chi connectivity index (χ0n) is 9.91. The molecule has 0 heterocycles. The molecule has 2 rings (SSSR count). The van der Waals surface area contributed by atoms with Gasteiger partial charge >= 0.3 is 0 Å². The van der Waals surface area contributed by atoms with Crippen LogP contribution < -0.4 is 5.73 Å². The molecule has 1 aromatic carbocycles. The van der Waals surface area contributed by atoms with Crippen LogP contribution in [0.5, 0.6) is 0 Å². The van der Waals surface area contributed by atoms with Crippen LogP contribution in [0.4, 0.5) is 8.78 Å². The van der Waals surface area contributed by atoms with Crippen LogP contribution >= 0.6 is 0 Å². The largest absolute Gasteiger partial charge is 0.326 e. The molecule has 0 amide bonds. The number of alkyl halides is 2. The van der Waals surface area contributed by atoms with Crippen LogP contribution in [-0.4, -0.2) is 6.43 Å². The summed E-state index contributed by atoms with van der Waals surface area (Å²) in [5, 5.41) is 0. The fraction of sp³-hybridized carbons (Fsp3) is 0.571. The minimum absolute atomic E-state index is 0.0237. The quantitative estimate of drug-likeness (QED) is 0.855. The Morgan fingerprint density at radius 1 is 1.12 bits per heavy atom. The summed E-state index contributed by atoms with van der Waals surface area (Å²) in [5.74, 6) is -0.442. The molecule has 0 aromatic heterocycles. The molecule has 0 bridgehead atoms. The molecule has 2 unspecified atom stereocenters. The average molecular weight is 239 g/mol. The highest BCUT2D eigenvalue weighted by Crippen LogP contribution is 2.40. The van der Waals surface area contributed by atoms with Crippen molar-refractivity contribution in [3.8, 4) is 0 Å². The smallest absolute Gasteiger partial charge is 0.242 e. The van der Waals surface area contributed by atoms with E-state index in [-0.39, 0.29) is 5.92 Å². The van der Waals surface area contributed by atoms with Gasteiger partial charge < -0.3 is 5.73 Å². The molecule has 2 N–H and O–H groups in total. The number of hydrogen-bond donors (Lipinski definition) is 1. The lowest BCUT2D eigenvalue weighted by Crippen LogP contribution is -2.24. The van der Waals surface area contributed by atoms with Gasteiger partial charge in [0.1, 0.15) is 0 Å². The van der Waals surface area contributed by atoms with Gasteiger partial charge in [-0.05, 0) is 29.9 Å². The molecule has 1 nitrogen and oxygen atoms in total. The summed E-state index contributed by atoms with van der Waals surface area (Å²) in [5.41, 5.74) is 7.64. The molecule has 1 aliphatic carbocycles. The maximum Gasteiger partial charge on any atom is 0.242 e. The van der Waals surface area contributed by atoms with Gasteiger partial charge in [0.05, 0.1) is 0 Å². The van der Waals surface area contributed by atoms with E-state index in [1.54, 1.807) is 0 Å². The standard InChI is InChI=1S/C14H19F2N/c15-14(16)13-4-2-1-3-12(13)11-7-5-10(9-17)6-8-11/h5-8,12-14H,1-4,9,17H2. The third-order valence-corrected chi connectivity index (χ3v) is 3.79. The molecule has 94 valence electrons. The normalized spacial score (nSPS) is 25.2. The second-order valence-electron chi connectivity index (χ2n) is 4.83. The van der Waals surface area contributed by atoms with Crippen LogP contribution in [0.15, 0.2) is 24.3 Å². The lowest BCUT2D eigenvalue weighted by molar-refractivity contribution is 0.0430. The maximum atomic E-state index is 13.0. The Bertz CT molecular complexity index is 348. The van der Waals surface area contributed by atoms with Gasteiger partial charge in [0, 0.05) is 12.5 Å². The number of rotatable bonds is 3. The van der Waals surface area contributed by atoms with Gasteiger partial charge in [-0.15, -0.1) is 0 Å². The molecule has 1 fully saturated rings. The van der Waals surface area contributed by atoms with Crippen LogP contribution in [0.25, 0.3) is 0 Å². The zero-order chi connectivity index (χ0) is 12.3. The van der Waals surface area contributed by atoms with Crippen molar-refractivity contribution in [3.05, 3.63) is 35.4 Å². The van der Waals surface area contributed by atoms with Crippen molar-refractivity contribution in [2.24, 2.45) is 11.7 Å². The third-order valence-electron chi connectivity index (χ3n) is 3.79. The summed E-state index contributed by atoms with van der Waals surface area (Å²) in [6.07, 6.45) is 1.34. The Kier molecular flexibility index (Phi) is 4.11. The number of nitrogens with two attached hydrogens (primary N) is 1. The molecular formula is C14H19F2N. The Morgan fingerprint density at radius 2 is 1.76 bits per heavy atom. The second kappa shape index (κ2) is 5.58. The first-order valence-electron chi connectivity index (χ1n) is 6.29. The Balaban J connectivity index is 2.17. The Labute approximate surface area is 101 Å². The Hall–Kier alpha value is -0.960. The molecule has 0 spiro atoms. The van der Waals surface area contributed by atoms with Crippen molar-refractivity contribution in [1.29, 1.82) is 0 Å². The molecule has 0 radical (unpaired) electrons. The fourth-order valence-corrected chi connectivity index (χ4v) is 2.78.